The molecular formula is C11H11NO2. The summed E-state index contributed by atoms with van der Waals surface area (Å²) in [6, 6.07) is 7.86. The molecule has 0 saturated carbocycles. The van der Waals surface area contributed by atoms with Crippen LogP contribution in [0.2, 0.25) is 0 Å². The fraction of sp³-hybridized carbons (Fsp3) is 0.273. The lowest BCUT2D eigenvalue weighted by Crippen LogP contribution is -2.01. The minimum absolute atomic E-state index is 0.183. The number of benzene rings is 1. The highest BCUT2D eigenvalue weighted by atomic mass is 16.4. The van der Waals surface area contributed by atoms with E-state index in [4.69, 9.17) is 5.11 Å². The first-order valence-electron chi connectivity index (χ1n) is 4.62. The molecule has 72 valence electrons. The van der Waals surface area contributed by atoms with Gasteiger partial charge in [-0.05, 0) is 18.1 Å². The lowest BCUT2D eigenvalue weighted by Gasteiger charge is -2.06. The van der Waals surface area contributed by atoms with Crippen LogP contribution >= 0.6 is 0 Å². The number of aliphatic imine (C=N–C) groups is 1. The van der Waals surface area contributed by atoms with Crippen molar-refractivity contribution in [2.75, 3.05) is 0 Å². The third-order valence-corrected chi connectivity index (χ3v) is 2.40. The maximum Gasteiger partial charge on any atom is 0.303 e. The van der Waals surface area contributed by atoms with Gasteiger partial charge < -0.3 is 5.11 Å². The average molecular weight is 189 g/mol. The predicted octanol–water partition coefficient (Wildman–Crippen LogP) is 2.35. The van der Waals surface area contributed by atoms with Crippen LogP contribution in [0.15, 0.2) is 29.3 Å². The molecule has 0 fully saturated rings. The SMILES string of the molecule is O=C(O)CCC1C=Nc2ccccc21. The fourth-order valence-electron chi connectivity index (χ4n) is 1.68. The summed E-state index contributed by atoms with van der Waals surface area (Å²) >= 11 is 0. The molecule has 1 atom stereocenters. The monoisotopic (exact) mass is 189 g/mol. The zero-order chi connectivity index (χ0) is 9.97. The summed E-state index contributed by atoms with van der Waals surface area (Å²) in [5.74, 6) is -0.565. The van der Waals surface area contributed by atoms with E-state index in [1.54, 1.807) is 0 Å². The summed E-state index contributed by atoms with van der Waals surface area (Å²) in [5, 5.41) is 8.58. The van der Waals surface area contributed by atoms with Crippen LogP contribution in [0.25, 0.3) is 0 Å². The second kappa shape index (κ2) is 3.62. The van der Waals surface area contributed by atoms with Crippen molar-refractivity contribution in [2.24, 2.45) is 4.99 Å². The highest BCUT2D eigenvalue weighted by Gasteiger charge is 2.18. The normalized spacial score (nSPS) is 18.1. The molecule has 0 spiro atoms. The fourth-order valence-corrected chi connectivity index (χ4v) is 1.68. The third kappa shape index (κ3) is 1.66. The molecule has 1 heterocycles. The molecule has 1 aromatic rings. The summed E-state index contributed by atoms with van der Waals surface area (Å²) in [5.41, 5.74) is 2.12. The quantitative estimate of drug-likeness (QED) is 0.793. The van der Waals surface area contributed by atoms with E-state index in [9.17, 15) is 4.79 Å². The summed E-state index contributed by atoms with van der Waals surface area (Å²) in [4.78, 5) is 14.7. The number of fused-ring (bicyclic) bond motifs is 1. The highest BCUT2D eigenvalue weighted by molar-refractivity contribution is 5.81. The summed E-state index contributed by atoms with van der Waals surface area (Å²) in [7, 11) is 0. The Morgan fingerprint density at radius 3 is 3.00 bits per heavy atom. The number of para-hydroxylation sites is 1. The van der Waals surface area contributed by atoms with Crippen LogP contribution in [0.5, 0.6) is 0 Å². The lowest BCUT2D eigenvalue weighted by molar-refractivity contribution is -0.137. The molecule has 1 aliphatic rings. The average Bonchev–Trinajstić information content (AvgIpc) is 2.58. The number of rotatable bonds is 3. The summed E-state index contributed by atoms with van der Waals surface area (Å²) < 4.78 is 0. The van der Waals surface area contributed by atoms with E-state index in [1.807, 2.05) is 30.5 Å². The van der Waals surface area contributed by atoms with Gasteiger partial charge in [0.15, 0.2) is 0 Å². The van der Waals surface area contributed by atoms with Crippen LogP contribution in [0, 0.1) is 0 Å². The van der Waals surface area contributed by atoms with Crippen LogP contribution in [-0.4, -0.2) is 17.3 Å². The first-order valence-corrected chi connectivity index (χ1v) is 4.62. The minimum atomic E-state index is -0.747. The second-order valence-electron chi connectivity index (χ2n) is 3.38. The van der Waals surface area contributed by atoms with Gasteiger partial charge in [0.1, 0.15) is 0 Å². The molecule has 1 unspecified atom stereocenters. The van der Waals surface area contributed by atoms with E-state index in [0.717, 1.165) is 11.3 Å². The van der Waals surface area contributed by atoms with E-state index >= 15 is 0 Å². The summed E-state index contributed by atoms with van der Waals surface area (Å²) in [6.07, 6.45) is 2.68. The Bertz CT molecular complexity index is 385. The Morgan fingerprint density at radius 2 is 2.21 bits per heavy atom. The smallest absolute Gasteiger partial charge is 0.303 e. The predicted molar refractivity (Wildman–Crippen MR) is 54.2 cm³/mol. The van der Waals surface area contributed by atoms with Crippen LogP contribution in [-0.2, 0) is 4.79 Å². The van der Waals surface area contributed by atoms with Crippen LogP contribution in [0.4, 0.5) is 5.69 Å². The number of carbonyl (C=O) groups is 1. The van der Waals surface area contributed by atoms with Crippen molar-refractivity contribution in [3.8, 4) is 0 Å². The molecule has 0 bridgehead atoms. The van der Waals surface area contributed by atoms with Crippen molar-refractivity contribution in [2.45, 2.75) is 18.8 Å². The molecule has 3 heteroatoms. The van der Waals surface area contributed by atoms with Crippen molar-refractivity contribution in [1.29, 1.82) is 0 Å². The Morgan fingerprint density at radius 1 is 1.43 bits per heavy atom. The van der Waals surface area contributed by atoms with Gasteiger partial charge in [0, 0.05) is 18.6 Å². The van der Waals surface area contributed by atoms with Crippen LogP contribution in [0.1, 0.15) is 24.3 Å². The molecule has 14 heavy (non-hydrogen) atoms. The molecule has 0 radical (unpaired) electrons. The van der Waals surface area contributed by atoms with Crippen molar-refractivity contribution in [3.05, 3.63) is 29.8 Å². The zero-order valence-corrected chi connectivity index (χ0v) is 7.68. The molecule has 0 saturated heterocycles. The van der Waals surface area contributed by atoms with Crippen molar-refractivity contribution >= 4 is 17.9 Å². The number of nitrogens with zero attached hydrogens (tertiary/aromatic N) is 1. The molecule has 0 aromatic heterocycles. The van der Waals surface area contributed by atoms with Crippen molar-refractivity contribution in [1.82, 2.24) is 0 Å². The lowest BCUT2D eigenvalue weighted by atomic mass is 9.96. The van der Waals surface area contributed by atoms with E-state index in [0.29, 0.717) is 6.42 Å². The largest absolute Gasteiger partial charge is 0.481 e. The van der Waals surface area contributed by atoms with Gasteiger partial charge >= 0.3 is 5.97 Å². The molecule has 1 aromatic carbocycles. The molecule has 2 rings (SSSR count). The number of aliphatic carboxylic acids is 1. The van der Waals surface area contributed by atoms with E-state index < -0.39 is 5.97 Å². The van der Waals surface area contributed by atoms with Crippen LogP contribution < -0.4 is 0 Å². The third-order valence-electron chi connectivity index (χ3n) is 2.40. The number of carboxylic acid groups (broad SMARTS) is 1. The van der Waals surface area contributed by atoms with Crippen molar-refractivity contribution < 1.29 is 9.90 Å². The molecular weight excluding hydrogens is 178 g/mol. The first-order chi connectivity index (χ1) is 6.77. The Balaban J connectivity index is 2.11. The standard InChI is InChI=1S/C11H11NO2/c13-11(14)6-5-8-7-12-10-4-2-1-3-9(8)10/h1-4,7-8H,5-6H2,(H,13,14). The first kappa shape index (κ1) is 8.94. The topological polar surface area (TPSA) is 49.7 Å². The minimum Gasteiger partial charge on any atom is -0.481 e. The second-order valence-corrected chi connectivity index (χ2v) is 3.38. The van der Waals surface area contributed by atoms with Gasteiger partial charge in [0.2, 0.25) is 0 Å². The van der Waals surface area contributed by atoms with E-state index in [1.165, 1.54) is 0 Å². The number of hydrogen-bond donors (Lipinski definition) is 1. The Kier molecular flexibility index (Phi) is 2.31. The molecule has 3 nitrogen and oxygen atoms in total. The Labute approximate surface area is 82.1 Å². The van der Waals surface area contributed by atoms with Crippen LogP contribution in [0.3, 0.4) is 0 Å². The van der Waals surface area contributed by atoms with Gasteiger partial charge in [-0.25, -0.2) is 0 Å². The molecule has 0 aliphatic carbocycles. The van der Waals surface area contributed by atoms with Gasteiger partial charge in [-0.3, -0.25) is 9.79 Å². The zero-order valence-electron chi connectivity index (χ0n) is 7.68. The number of hydrogen-bond acceptors (Lipinski definition) is 2. The van der Waals surface area contributed by atoms with Gasteiger partial charge in [-0.2, -0.15) is 0 Å². The molecule has 1 N–H and O–H groups in total. The maximum atomic E-state index is 10.4. The van der Waals surface area contributed by atoms with Gasteiger partial charge in [0.05, 0.1) is 5.69 Å². The van der Waals surface area contributed by atoms with Crippen molar-refractivity contribution in [3.63, 3.8) is 0 Å². The van der Waals surface area contributed by atoms with E-state index in [2.05, 4.69) is 4.99 Å². The molecule has 1 aliphatic heterocycles. The highest BCUT2D eigenvalue weighted by Crippen LogP contribution is 2.33. The maximum absolute atomic E-state index is 10.4. The van der Waals surface area contributed by atoms with Gasteiger partial charge in [-0.1, -0.05) is 18.2 Å². The van der Waals surface area contributed by atoms with Gasteiger partial charge in [-0.15, -0.1) is 0 Å². The summed E-state index contributed by atoms with van der Waals surface area (Å²) in [6.45, 7) is 0. The van der Waals surface area contributed by atoms with Gasteiger partial charge in [0.25, 0.3) is 0 Å². The number of carboxylic acids is 1. The Hall–Kier alpha value is -1.64. The van der Waals surface area contributed by atoms with E-state index in [-0.39, 0.29) is 12.3 Å². The molecule has 0 amide bonds.